The molecule has 2 saturated heterocycles. The van der Waals surface area contributed by atoms with Gasteiger partial charge in [-0.3, -0.25) is 0 Å². The number of piperidine rings is 1. The van der Waals surface area contributed by atoms with Crippen molar-refractivity contribution in [3.63, 3.8) is 0 Å². The minimum Gasteiger partial charge on any atom is -0.446 e. The SMILES string of the molecule is CN1[C@@H]2CC[C@H]1CC(OC(=O)N1Cc3ccccc3NC1=O)C2.Cl. The monoisotopic (exact) mass is 351 g/mol. The first-order valence-electron chi connectivity index (χ1n) is 8.21. The van der Waals surface area contributed by atoms with E-state index in [1.165, 1.54) is 12.8 Å². The second-order valence-electron chi connectivity index (χ2n) is 6.70. The van der Waals surface area contributed by atoms with E-state index in [1.807, 2.05) is 24.3 Å². The molecule has 2 fully saturated rings. The number of hydrogen-bond acceptors (Lipinski definition) is 4. The first-order chi connectivity index (χ1) is 11.1. The van der Waals surface area contributed by atoms with E-state index in [4.69, 9.17) is 4.74 Å². The minimum absolute atomic E-state index is 0. The van der Waals surface area contributed by atoms with Gasteiger partial charge in [0.2, 0.25) is 0 Å². The van der Waals surface area contributed by atoms with Crippen molar-refractivity contribution >= 4 is 30.2 Å². The first kappa shape index (κ1) is 17.0. The second-order valence-corrected chi connectivity index (χ2v) is 6.70. The molecule has 130 valence electrons. The van der Waals surface area contributed by atoms with Crippen LogP contribution < -0.4 is 5.32 Å². The summed E-state index contributed by atoms with van der Waals surface area (Å²) >= 11 is 0. The fraction of sp³-hybridized carbons (Fsp3) is 0.529. The van der Waals surface area contributed by atoms with Crippen molar-refractivity contribution in [3.8, 4) is 0 Å². The summed E-state index contributed by atoms with van der Waals surface area (Å²) in [5.74, 6) is 0. The molecule has 1 aromatic rings. The Morgan fingerprint density at radius 2 is 1.88 bits per heavy atom. The van der Waals surface area contributed by atoms with Gasteiger partial charge in [0, 0.05) is 30.6 Å². The van der Waals surface area contributed by atoms with Gasteiger partial charge in [-0.05, 0) is 31.5 Å². The fourth-order valence-corrected chi connectivity index (χ4v) is 4.02. The van der Waals surface area contributed by atoms with Gasteiger partial charge < -0.3 is 15.0 Å². The highest BCUT2D eigenvalue weighted by atomic mass is 35.5. The zero-order valence-corrected chi connectivity index (χ0v) is 14.4. The summed E-state index contributed by atoms with van der Waals surface area (Å²) in [6, 6.07) is 8.10. The summed E-state index contributed by atoms with van der Waals surface area (Å²) < 4.78 is 5.64. The molecule has 3 aliphatic rings. The topological polar surface area (TPSA) is 61.9 Å². The van der Waals surface area contributed by atoms with Crippen molar-refractivity contribution in [3.05, 3.63) is 29.8 Å². The number of imide groups is 1. The van der Waals surface area contributed by atoms with Crippen LogP contribution >= 0.6 is 12.4 Å². The Balaban J connectivity index is 0.00000169. The lowest BCUT2D eigenvalue weighted by Gasteiger charge is -2.36. The van der Waals surface area contributed by atoms with E-state index in [0.29, 0.717) is 12.1 Å². The summed E-state index contributed by atoms with van der Waals surface area (Å²) in [5.41, 5.74) is 1.69. The van der Waals surface area contributed by atoms with Gasteiger partial charge in [0.05, 0.1) is 6.54 Å². The first-order valence-corrected chi connectivity index (χ1v) is 8.21. The number of para-hydroxylation sites is 1. The number of nitrogens with one attached hydrogen (secondary N) is 1. The molecule has 1 N–H and O–H groups in total. The summed E-state index contributed by atoms with van der Waals surface area (Å²) in [4.78, 5) is 28.1. The standard InChI is InChI=1S/C17H21N3O3.ClH/c1-19-12-6-7-13(19)9-14(8-12)23-17(22)20-10-11-4-2-3-5-15(11)18-16(20)21;/h2-5,12-14H,6-10H2,1H3,(H,18,21);1H/t12-,13+,14?;. The molecule has 6 nitrogen and oxygen atoms in total. The normalized spacial score (nSPS) is 28.6. The van der Waals surface area contributed by atoms with Crippen molar-refractivity contribution in [1.82, 2.24) is 9.80 Å². The van der Waals surface area contributed by atoms with E-state index in [9.17, 15) is 9.59 Å². The van der Waals surface area contributed by atoms with Crippen molar-refractivity contribution in [2.24, 2.45) is 0 Å². The third-order valence-corrected chi connectivity index (χ3v) is 5.38. The van der Waals surface area contributed by atoms with Gasteiger partial charge in [-0.1, -0.05) is 18.2 Å². The average Bonchev–Trinajstić information content (AvgIpc) is 2.75. The molecule has 4 rings (SSSR count). The maximum Gasteiger partial charge on any atom is 0.418 e. The predicted molar refractivity (Wildman–Crippen MR) is 92.3 cm³/mol. The van der Waals surface area contributed by atoms with Crippen LogP contribution in [-0.4, -0.2) is 47.2 Å². The predicted octanol–water partition coefficient (Wildman–Crippen LogP) is 3.22. The van der Waals surface area contributed by atoms with Crippen LogP contribution in [0.4, 0.5) is 15.3 Å². The van der Waals surface area contributed by atoms with E-state index in [-0.39, 0.29) is 25.1 Å². The van der Waals surface area contributed by atoms with Gasteiger partial charge in [-0.2, -0.15) is 0 Å². The maximum atomic E-state index is 12.4. The van der Waals surface area contributed by atoms with Crippen LogP contribution in [0, 0.1) is 0 Å². The van der Waals surface area contributed by atoms with E-state index in [0.717, 1.165) is 29.0 Å². The Hall–Kier alpha value is -1.79. The zero-order chi connectivity index (χ0) is 16.0. The van der Waals surface area contributed by atoms with Gasteiger partial charge in [0.15, 0.2) is 0 Å². The molecule has 24 heavy (non-hydrogen) atoms. The second kappa shape index (κ2) is 6.61. The molecule has 0 spiro atoms. The lowest BCUT2D eigenvalue weighted by atomic mass is 10.0. The van der Waals surface area contributed by atoms with Crippen LogP contribution in [0.1, 0.15) is 31.2 Å². The number of nitrogens with zero attached hydrogens (tertiary/aromatic N) is 2. The molecule has 3 aliphatic heterocycles. The van der Waals surface area contributed by atoms with Crippen LogP contribution in [-0.2, 0) is 11.3 Å². The van der Waals surface area contributed by atoms with E-state index >= 15 is 0 Å². The summed E-state index contributed by atoms with van der Waals surface area (Å²) in [5, 5.41) is 2.74. The van der Waals surface area contributed by atoms with Crippen LogP contribution in [0.15, 0.2) is 24.3 Å². The van der Waals surface area contributed by atoms with Crippen LogP contribution in [0.3, 0.4) is 0 Å². The zero-order valence-electron chi connectivity index (χ0n) is 13.6. The number of benzene rings is 1. The Morgan fingerprint density at radius 1 is 1.21 bits per heavy atom. The Bertz CT molecular complexity index is 640. The average molecular weight is 352 g/mol. The van der Waals surface area contributed by atoms with Crippen molar-refractivity contribution in [2.45, 2.75) is 50.4 Å². The number of halogens is 1. The summed E-state index contributed by atoms with van der Waals surface area (Å²) in [6.07, 6.45) is 3.46. The van der Waals surface area contributed by atoms with Crippen LogP contribution in [0.2, 0.25) is 0 Å². The molecule has 7 heteroatoms. The largest absolute Gasteiger partial charge is 0.446 e. The third kappa shape index (κ3) is 2.96. The quantitative estimate of drug-likeness (QED) is 0.843. The molecule has 0 aromatic heterocycles. The summed E-state index contributed by atoms with van der Waals surface area (Å²) in [7, 11) is 2.15. The molecular weight excluding hydrogens is 330 g/mol. The van der Waals surface area contributed by atoms with E-state index in [1.54, 1.807) is 0 Å². The molecule has 0 saturated carbocycles. The maximum absolute atomic E-state index is 12.4. The molecule has 0 aliphatic carbocycles. The number of fused-ring (bicyclic) bond motifs is 3. The summed E-state index contributed by atoms with van der Waals surface area (Å²) in [6.45, 7) is 0.264. The number of anilines is 1. The molecule has 3 amide bonds. The molecule has 1 unspecified atom stereocenters. The number of carbonyl (C=O) groups excluding carboxylic acids is 2. The van der Waals surface area contributed by atoms with Crippen LogP contribution in [0.25, 0.3) is 0 Å². The molecule has 1 aromatic carbocycles. The molecular formula is C17H22ClN3O3. The number of amides is 3. The minimum atomic E-state index is -0.536. The Labute approximate surface area is 147 Å². The number of rotatable bonds is 1. The van der Waals surface area contributed by atoms with Crippen LogP contribution in [0.5, 0.6) is 0 Å². The van der Waals surface area contributed by atoms with Gasteiger partial charge in [-0.15, -0.1) is 12.4 Å². The van der Waals surface area contributed by atoms with Gasteiger partial charge in [0.25, 0.3) is 0 Å². The molecule has 3 heterocycles. The molecule has 0 radical (unpaired) electrons. The Kier molecular flexibility index (Phi) is 4.69. The van der Waals surface area contributed by atoms with Gasteiger partial charge in [-0.25, -0.2) is 14.5 Å². The fourth-order valence-electron chi connectivity index (χ4n) is 4.02. The number of hydrogen-bond donors (Lipinski definition) is 1. The van der Waals surface area contributed by atoms with E-state index in [2.05, 4.69) is 17.3 Å². The molecule has 2 bridgehead atoms. The van der Waals surface area contributed by atoms with Crippen molar-refractivity contribution < 1.29 is 14.3 Å². The number of urea groups is 1. The smallest absolute Gasteiger partial charge is 0.418 e. The lowest BCUT2D eigenvalue weighted by Crippen LogP contribution is -2.47. The Morgan fingerprint density at radius 3 is 2.58 bits per heavy atom. The highest BCUT2D eigenvalue weighted by Crippen LogP contribution is 2.36. The highest BCUT2D eigenvalue weighted by Gasteiger charge is 2.41. The lowest BCUT2D eigenvalue weighted by molar-refractivity contribution is 0.0153. The molecule has 3 atom stereocenters. The number of carbonyl (C=O) groups is 2. The third-order valence-electron chi connectivity index (χ3n) is 5.38. The number of ether oxygens (including phenoxy) is 1. The van der Waals surface area contributed by atoms with Gasteiger partial charge in [0.1, 0.15) is 6.10 Å². The van der Waals surface area contributed by atoms with E-state index < -0.39 is 12.1 Å². The van der Waals surface area contributed by atoms with Gasteiger partial charge >= 0.3 is 12.1 Å². The van der Waals surface area contributed by atoms with Crippen molar-refractivity contribution in [1.29, 1.82) is 0 Å². The highest BCUT2D eigenvalue weighted by molar-refractivity contribution is 6.01. The van der Waals surface area contributed by atoms with Crippen molar-refractivity contribution in [2.75, 3.05) is 12.4 Å².